The van der Waals surface area contributed by atoms with Gasteiger partial charge in [0, 0.05) is 13.0 Å². The monoisotopic (exact) mass is 273 g/mol. The van der Waals surface area contributed by atoms with E-state index in [9.17, 15) is 4.79 Å². The molecule has 0 aromatic carbocycles. The Kier molecular flexibility index (Phi) is 6.93. The number of rotatable bonds is 6. The van der Waals surface area contributed by atoms with Crippen molar-refractivity contribution in [2.45, 2.75) is 32.6 Å². The molecule has 0 saturated carbocycles. The van der Waals surface area contributed by atoms with E-state index in [1.807, 2.05) is 18.7 Å². The number of amides is 1. The summed E-state index contributed by atoms with van der Waals surface area (Å²) >= 11 is 1.96. The van der Waals surface area contributed by atoms with Gasteiger partial charge in [-0.1, -0.05) is 12.1 Å². The maximum absolute atomic E-state index is 12.2. The van der Waals surface area contributed by atoms with Crippen LogP contribution in [0.3, 0.4) is 0 Å². The molecule has 6 heteroatoms. The van der Waals surface area contributed by atoms with E-state index in [2.05, 4.69) is 5.16 Å². The molecule has 1 aliphatic rings. The van der Waals surface area contributed by atoms with Gasteiger partial charge in [-0.3, -0.25) is 4.79 Å². The summed E-state index contributed by atoms with van der Waals surface area (Å²) in [7, 11) is 0. The number of nitrogens with zero attached hydrogens (tertiary/aromatic N) is 2. The Hall–Kier alpha value is -0.910. The highest BCUT2D eigenvalue weighted by Crippen LogP contribution is 2.25. The highest BCUT2D eigenvalue weighted by Gasteiger charge is 2.21. The fourth-order valence-corrected chi connectivity index (χ4v) is 3.32. The van der Waals surface area contributed by atoms with E-state index in [0.29, 0.717) is 18.9 Å². The third-order valence-electron chi connectivity index (χ3n) is 3.13. The van der Waals surface area contributed by atoms with E-state index in [4.69, 9.17) is 10.9 Å². The number of nitrogens with two attached hydrogens (primary N) is 1. The molecule has 5 nitrogen and oxygen atoms in total. The van der Waals surface area contributed by atoms with Crippen LogP contribution in [-0.2, 0) is 4.79 Å². The van der Waals surface area contributed by atoms with Crippen molar-refractivity contribution in [3.63, 3.8) is 0 Å². The molecule has 0 aromatic rings. The molecule has 1 rings (SSSR count). The molecule has 1 fully saturated rings. The quantitative estimate of drug-likeness (QED) is 0.333. The second kappa shape index (κ2) is 8.24. The van der Waals surface area contributed by atoms with Crippen LogP contribution in [-0.4, -0.2) is 46.4 Å². The van der Waals surface area contributed by atoms with Gasteiger partial charge in [-0.15, -0.1) is 0 Å². The Morgan fingerprint density at radius 3 is 2.72 bits per heavy atom. The lowest BCUT2D eigenvalue weighted by atomic mass is 9.98. The molecule has 1 aliphatic heterocycles. The zero-order chi connectivity index (χ0) is 13.4. The minimum absolute atomic E-state index is 0.0935. The largest absolute Gasteiger partial charge is 0.409 e. The van der Waals surface area contributed by atoms with Crippen LogP contribution in [0.4, 0.5) is 0 Å². The van der Waals surface area contributed by atoms with Crippen LogP contribution in [0, 0.1) is 5.92 Å². The van der Waals surface area contributed by atoms with Crippen molar-refractivity contribution in [3.8, 4) is 0 Å². The number of carbonyl (C=O) groups is 1. The average molecular weight is 273 g/mol. The van der Waals surface area contributed by atoms with Gasteiger partial charge < -0.3 is 15.8 Å². The Morgan fingerprint density at radius 2 is 2.17 bits per heavy atom. The van der Waals surface area contributed by atoms with Crippen LogP contribution < -0.4 is 5.73 Å². The summed E-state index contributed by atoms with van der Waals surface area (Å²) < 4.78 is 0. The van der Waals surface area contributed by atoms with Gasteiger partial charge in [-0.25, -0.2) is 0 Å². The first-order valence-corrected chi connectivity index (χ1v) is 7.64. The molecular formula is C12H23N3O2S. The topological polar surface area (TPSA) is 78.9 Å². The molecule has 0 radical (unpaired) electrons. The predicted molar refractivity (Wildman–Crippen MR) is 74.9 cm³/mol. The molecule has 0 bridgehead atoms. The first-order valence-electron chi connectivity index (χ1n) is 6.49. The fraction of sp³-hybridized carbons (Fsp3) is 0.833. The Bertz CT molecular complexity index is 291. The standard InChI is InChI=1S/C12H23N3O2S/c1-2-5-15(9-11(13)14-17)12(16)8-10-3-6-18-7-4-10/h10,17H,2-9H2,1H3,(H2,13,14). The van der Waals surface area contributed by atoms with Crippen LogP contribution in [0.25, 0.3) is 0 Å². The summed E-state index contributed by atoms with van der Waals surface area (Å²) in [5.74, 6) is 3.04. The minimum atomic E-state index is 0.0935. The fourth-order valence-electron chi connectivity index (χ4n) is 2.12. The number of hydrogen-bond acceptors (Lipinski definition) is 4. The predicted octanol–water partition coefficient (Wildman–Crippen LogP) is 1.50. The van der Waals surface area contributed by atoms with Crippen molar-refractivity contribution in [1.82, 2.24) is 4.90 Å². The highest BCUT2D eigenvalue weighted by atomic mass is 32.2. The summed E-state index contributed by atoms with van der Waals surface area (Å²) in [6.45, 7) is 2.91. The molecule has 1 saturated heterocycles. The molecule has 104 valence electrons. The molecular weight excluding hydrogens is 250 g/mol. The Labute approximate surface area is 113 Å². The lowest BCUT2D eigenvalue weighted by Crippen LogP contribution is -2.40. The number of thioether (sulfide) groups is 1. The summed E-state index contributed by atoms with van der Waals surface area (Å²) in [5.41, 5.74) is 5.48. The summed E-state index contributed by atoms with van der Waals surface area (Å²) in [4.78, 5) is 13.9. The van der Waals surface area contributed by atoms with Gasteiger partial charge in [0.05, 0.1) is 6.54 Å². The van der Waals surface area contributed by atoms with E-state index in [-0.39, 0.29) is 18.3 Å². The molecule has 1 amide bonds. The van der Waals surface area contributed by atoms with Crippen LogP contribution in [0.15, 0.2) is 5.16 Å². The van der Waals surface area contributed by atoms with Gasteiger partial charge in [0.2, 0.25) is 5.91 Å². The van der Waals surface area contributed by atoms with Crippen LogP contribution in [0.5, 0.6) is 0 Å². The molecule has 0 atom stereocenters. The molecule has 18 heavy (non-hydrogen) atoms. The Morgan fingerprint density at radius 1 is 1.50 bits per heavy atom. The maximum Gasteiger partial charge on any atom is 0.223 e. The third kappa shape index (κ3) is 5.16. The van der Waals surface area contributed by atoms with Crippen molar-refractivity contribution in [2.75, 3.05) is 24.6 Å². The van der Waals surface area contributed by atoms with Crippen molar-refractivity contribution in [2.24, 2.45) is 16.8 Å². The second-order valence-corrected chi connectivity index (χ2v) is 5.89. The smallest absolute Gasteiger partial charge is 0.223 e. The van der Waals surface area contributed by atoms with Crippen LogP contribution >= 0.6 is 11.8 Å². The van der Waals surface area contributed by atoms with Gasteiger partial charge in [-0.05, 0) is 36.7 Å². The van der Waals surface area contributed by atoms with Crippen molar-refractivity contribution >= 4 is 23.5 Å². The van der Waals surface area contributed by atoms with Crippen molar-refractivity contribution < 1.29 is 10.0 Å². The van der Waals surface area contributed by atoms with Crippen molar-refractivity contribution in [1.29, 1.82) is 0 Å². The van der Waals surface area contributed by atoms with E-state index in [0.717, 1.165) is 30.8 Å². The highest BCUT2D eigenvalue weighted by molar-refractivity contribution is 7.99. The molecule has 3 N–H and O–H groups in total. The summed E-state index contributed by atoms with van der Waals surface area (Å²) in [5, 5.41) is 11.5. The van der Waals surface area contributed by atoms with Gasteiger partial charge in [0.25, 0.3) is 0 Å². The van der Waals surface area contributed by atoms with Gasteiger partial charge in [0.1, 0.15) is 0 Å². The average Bonchev–Trinajstić information content (AvgIpc) is 2.39. The van der Waals surface area contributed by atoms with E-state index in [1.54, 1.807) is 4.90 Å². The van der Waals surface area contributed by atoms with E-state index in [1.165, 1.54) is 0 Å². The van der Waals surface area contributed by atoms with Crippen LogP contribution in [0.1, 0.15) is 32.6 Å². The number of carbonyl (C=O) groups excluding carboxylic acids is 1. The molecule has 0 aromatic heterocycles. The second-order valence-electron chi connectivity index (χ2n) is 4.67. The van der Waals surface area contributed by atoms with Gasteiger partial charge >= 0.3 is 0 Å². The zero-order valence-corrected chi connectivity index (χ0v) is 11.8. The lowest BCUT2D eigenvalue weighted by molar-refractivity contribution is -0.131. The van der Waals surface area contributed by atoms with Crippen LogP contribution in [0.2, 0.25) is 0 Å². The normalized spacial score (nSPS) is 17.7. The molecule has 0 unspecified atom stereocenters. The number of amidine groups is 1. The molecule has 0 spiro atoms. The zero-order valence-electron chi connectivity index (χ0n) is 11.0. The summed E-state index contributed by atoms with van der Waals surface area (Å²) in [6.07, 6.45) is 3.73. The third-order valence-corrected chi connectivity index (χ3v) is 4.18. The summed E-state index contributed by atoms with van der Waals surface area (Å²) in [6, 6.07) is 0. The Balaban J connectivity index is 2.47. The lowest BCUT2D eigenvalue weighted by Gasteiger charge is -2.26. The first kappa shape index (κ1) is 15.1. The first-order chi connectivity index (χ1) is 8.67. The van der Waals surface area contributed by atoms with E-state index < -0.39 is 0 Å². The minimum Gasteiger partial charge on any atom is -0.409 e. The van der Waals surface area contributed by atoms with Gasteiger partial charge in [-0.2, -0.15) is 11.8 Å². The number of hydrogen-bond donors (Lipinski definition) is 2. The maximum atomic E-state index is 12.2. The molecule has 1 heterocycles. The molecule has 0 aliphatic carbocycles. The van der Waals surface area contributed by atoms with Crippen molar-refractivity contribution in [3.05, 3.63) is 0 Å². The van der Waals surface area contributed by atoms with E-state index >= 15 is 0 Å². The van der Waals surface area contributed by atoms with Gasteiger partial charge in [0.15, 0.2) is 5.84 Å². The number of oxime groups is 1. The SMILES string of the molecule is CCCN(CC(N)=NO)C(=O)CC1CCSCC1.